The van der Waals surface area contributed by atoms with Gasteiger partial charge in [0.1, 0.15) is 5.82 Å². The molecule has 1 unspecified atom stereocenters. The maximum atomic E-state index is 13.8. The minimum absolute atomic E-state index is 0.156. The molecule has 0 aromatic heterocycles. The average molecular weight is 292 g/mol. The van der Waals surface area contributed by atoms with Crippen molar-refractivity contribution in [3.8, 4) is 0 Å². The zero-order chi connectivity index (χ0) is 14.7. The minimum atomic E-state index is -0.156. The van der Waals surface area contributed by atoms with E-state index in [9.17, 15) is 4.39 Å². The summed E-state index contributed by atoms with van der Waals surface area (Å²) in [4.78, 5) is 2.11. The Labute approximate surface area is 126 Å². The third-order valence-electron chi connectivity index (χ3n) is 4.31. The van der Waals surface area contributed by atoms with E-state index in [2.05, 4.69) is 16.3 Å². The number of nitrogens with zero attached hydrogens (tertiary/aromatic N) is 1. The Morgan fingerprint density at radius 2 is 2.10 bits per heavy atom. The summed E-state index contributed by atoms with van der Waals surface area (Å²) >= 11 is 0. The van der Waals surface area contributed by atoms with Crippen LogP contribution in [0.2, 0.25) is 0 Å². The highest BCUT2D eigenvalue weighted by molar-refractivity contribution is 5.48. The molecular weight excluding hydrogens is 267 g/mol. The standard InChI is InChI=1S/C17H25FN2O/c1-20(12-17-4-2-3-7-21-17)16-9-13(8-14(18)10-16)11-19-15-5-6-15/h8-10,15,17,19H,2-7,11-12H2,1H3. The summed E-state index contributed by atoms with van der Waals surface area (Å²) in [6, 6.07) is 5.97. The van der Waals surface area contributed by atoms with Gasteiger partial charge in [-0.1, -0.05) is 0 Å². The third-order valence-corrected chi connectivity index (χ3v) is 4.31. The predicted molar refractivity (Wildman–Crippen MR) is 83.1 cm³/mol. The fourth-order valence-electron chi connectivity index (χ4n) is 2.87. The van der Waals surface area contributed by atoms with Gasteiger partial charge in [-0.05, 0) is 55.9 Å². The normalized spacial score (nSPS) is 22.3. The van der Waals surface area contributed by atoms with E-state index in [1.165, 1.54) is 19.3 Å². The first-order valence-electron chi connectivity index (χ1n) is 8.06. The number of likely N-dealkylation sites (N-methyl/N-ethyl adjacent to an activating group) is 1. The first-order chi connectivity index (χ1) is 10.2. The highest BCUT2D eigenvalue weighted by Crippen LogP contribution is 2.23. The molecule has 0 amide bonds. The lowest BCUT2D eigenvalue weighted by molar-refractivity contribution is 0.0216. The largest absolute Gasteiger partial charge is 0.376 e. The van der Waals surface area contributed by atoms with E-state index >= 15 is 0 Å². The molecule has 1 aromatic rings. The molecule has 0 spiro atoms. The number of rotatable bonds is 6. The second-order valence-corrected chi connectivity index (χ2v) is 6.34. The van der Waals surface area contributed by atoms with Gasteiger partial charge in [-0.25, -0.2) is 4.39 Å². The van der Waals surface area contributed by atoms with Crippen molar-refractivity contribution in [2.45, 2.75) is 50.8 Å². The van der Waals surface area contributed by atoms with E-state index in [1.54, 1.807) is 12.1 Å². The summed E-state index contributed by atoms with van der Waals surface area (Å²) in [6.07, 6.45) is 6.29. The van der Waals surface area contributed by atoms with Crippen LogP contribution in [0.15, 0.2) is 18.2 Å². The van der Waals surface area contributed by atoms with E-state index in [0.29, 0.717) is 6.04 Å². The number of anilines is 1. The maximum absolute atomic E-state index is 13.8. The molecule has 1 aliphatic carbocycles. The Kier molecular flexibility index (Phi) is 4.76. The molecule has 1 saturated carbocycles. The van der Waals surface area contributed by atoms with E-state index < -0.39 is 0 Å². The first-order valence-corrected chi connectivity index (χ1v) is 8.06. The van der Waals surface area contributed by atoms with Crippen molar-refractivity contribution in [3.63, 3.8) is 0 Å². The highest BCUT2D eigenvalue weighted by Gasteiger charge is 2.20. The average Bonchev–Trinajstić information content (AvgIpc) is 3.30. The van der Waals surface area contributed by atoms with Crippen molar-refractivity contribution < 1.29 is 9.13 Å². The fraction of sp³-hybridized carbons (Fsp3) is 0.647. The minimum Gasteiger partial charge on any atom is -0.376 e. The summed E-state index contributed by atoms with van der Waals surface area (Å²) in [7, 11) is 2.02. The van der Waals surface area contributed by atoms with Gasteiger partial charge >= 0.3 is 0 Å². The number of nitrogens with one attached hydrogen (secondary N) is 1. The van der Waals surface area contributed by atoms with Crippen LogP contribution in [-0.2, 0) is 11.3 Å². The van der Waals surface area contributed by atoms with Crippen LogP contribution in [0, 0.1) is 5.82 Å². The van der Waals surface area contributed by atoms with E-state index in [4.69, 9.17) is 4.74 Å². The van der Waals surface area contributed by atoms with Crippen LogP contribution in [0.25, 0.3) is 0 Å². The van der Waals surface area contributed by atoms with Crippen molar-refractivity contribution in [1.29, 1.82) is 0 Å². The molecule has 3 nitrogen and oxygen atoms in total. The molecule has 1 atom stereocenters. The molecule has 116 valence electrons. The number of hydrogen-bond acceptors (Lipinski definition) is 3. The van der Waals surface area contributed by atoms with Gasteiger partial charge in [0.2, 0.25) is 0 Å². The molecule has 1 aromatic carbocycles. The molecule has 1 aliphatic heterocycles. The topological polar surface area (TPSA) is 24.5 Å². The number of ether oxygens (including phenoxy) is 1. The zero-order valence-corrected chi connectivity index (χ0v) is 12.8. The lowest BCUT2D eigenvalue weighted by Gasteiger charge is -2.29. The second-order valence-electron chi connectivity index (χ2n) is 6.34. The lowest BCUT2D eigenvalue weighted by Crippen LogP contribution is -2.33. The SMILES string of the molecule is CN(CC1CCCCO1)c1cc(F)cc(CNC2CC2)c1. The van der Waals surface area contributed by atoms with Crippen LogP contribution >= 0.6 is 0 Å². The Morgan fingerprint density at radius 3 is 2.81 bits per heavy atom. The third kappa shape index (κ3) is 4.42. The summed E-state index contributed by atoms with van der Waals surface area (Å²) < 4.78 is 19.6. The fourth-order valence-corrected chi connectivity index (χ4v) is 2.87. The molecule has 2 fully saturated rings. The molecule has 4 heteroatoms. The Hall–Kier alpha value is -1.13. The summed E-state index contributed by atoms with van der Waals surface area (Å²) in [5.41, 5.74) is 1.96. The van der Waals surface area contributed by atoms with Gasteiger partial charge in [-0.15, -0.1) is 0 Å². The number of halogens is 1. The number of hydrogen-bond donors (Lipinski definition) is 1. The molecule has 0 bridgehead atoms. The van der Waals surface area contributed by atoms with Crippen LogP contribution in [0.5, 0.6) is 0 Å². The van der Waals surface area contributed by atoms with E-state index in [-0.39, 0.29) is 11.9 Å². The molecule has 1 heterocycles. The van der Waals surface area contributed by atoms with Crippen LogP contribution in [-0.4, -0.2) is 32.3 Å². The number of benzene rings is 1. The lowest BCUT2D eigenvalue weighted by atomic mass is 10.1. The summed E-state index contributed by atoms with van der Waals surface area (Å²) in [5.74, 6) is -0.156. The Bertz CT molecular complexity index is 470. The molecule has 1 N–H and O–H groups in total. The summed E-state index contributed by atoms with van der Waals surface area (Å²) in [6.45, 7) is 2.44. The first kappa shape index (κ1) is 14.8. The van der Waals surface area contributed by atoms with Crippen LogP contribution in [0.3, 0.4) is 0 Å². The van der Waals surface area contributed by atoms with Gasteiger partial charge in [0.05, 0.1) is 6.10 Å². The van der Waals surface area contributed by atoms with Gasteiger partial charge in [0, 0.05) is 38.5 Å². The monoisotopic (exact) mass is 292 g/mol. The van der Waals surface area contributed by atoms with Gasteiger partial charge in [0.15, 0.2) is 0 Å². The van der Waals surface area contributed by atoms with Crippen molar-refractivity contribution in [2.75, 3.05) is 25.1 Å². The van der Waals surface area contributed by atoms with Crippen molar-refractivity contribution >= 4 is 5.69 Å². The quantitative estimate of drug-likeness (QED) is 0.872. The molecule has 1 saturated heterocycles. The smallest absolute Gasteiger partial charge is 0.125 e. The molecule has 21 heavy (non-hydrogen) atoms. The second kappa shape index (κ2) is 6.75. The Balaban J connectivity index is 1.61. The highest BCUT2D eigenvalue weighted by atomic mass is 19.1. The van der Waals surface area contributed by atoms with Crippen molar-refractivity contribution in [3.05, 3.63) is 29.6 Å². The van der Waals surface area contributed by atoms with Gasteiger partial charge in [-0.3, -0.25) is 0 Å². The van der Waals surface area contributed by atoms with Crippen molar-refractivity contribution in [2.24, 2.45) is 0 Å². The molecule has 0 radical (unpaired) electrons. The predicted octanol–water partition coefficient (Wildman–Crippen LogP) is 3.08. The van der Waals surface area contributed by atoms with Gasteiger partial charge in [-0.2, -0.15) is 0 Å². The molecule has 2 aliphatic rings. The maximum Gasteiger partial charge on any atom is 0.125 e. The van der Waals surface area contributed by atoms with E-state index in [0.717, 1.165) is 43.8 Å². The van der Waals surface area contributed by atoms with E-state index in [1.807, 2.05) is 7.05 Å². The zero-order valence-electron chi connectivity index (χ0n) is 12.8. The van der Waals surface area contributed by atoms with Crippen LogP contribution in [0.1, 0.15) is 37.7 Å². The molecule has 3 rings (SSSR count). The van der Waals surface area contributed by atoms with Crippen LogP contribution in [0.4, 0.5) is 10.1 Å². The van der Waals surface area contributed by atoms with Gasteiger partial charge in [0.25, 0.3) is 0 Å². The van der Waals surface area contributed by atoms with Crippen LogP contribution < -0.4 is 10.2 Å². The Morgan fingerprint density at radius 1 is 1.24 bits per heavy atom. The van der Waals surface area contributed by atoms with Crippen molar-refractivity contribution in [1.82, 2.24) is 5.32 Å². The molecular formula is C17H25FN2O. The summed E-state index contributed by atoms with van der Waals surface area (Å²) in [5, 5.41) is 3.44. The van der Waals surface area contributed by atoms with Gasteiger partial charge < -0.3 is 15.0 Å².